The number of ether oxygens (including phenoxy) is 1. The summed E-state index contributed by atoms with van der Waals surface area (Å²) in [7, 11) is 1.92. The molecule has 0 bridgehead atoms. The van der Waals surface area contributed by atoms with Gasteiger partial charge in [-0.15, -0.1) is 0 Å². The maximum Gasteiger partial charge on any atom is 0.258 e. The van der Waals surface area contributed by atoms with Gasteiger partial charge in [-0.05, 0) is 48.4 Å². The maximum atomic E-state index is 13.2. The molecular formula is C25H27N3O2. The Hall–Kier alpha value is -3.08. The third-order valence-electron chi connectivity index (χ3n) is 6.19. The fraction of sp³-hybridized carbons (Fsp3) is 0.360. The highest BCUT2D eigenvalue weighted by molar-refractivity contribution is 6.01. The van der Waals surface area contributed by atoms with E-state index in [4.69, 9.17) is 4.74 Å². The Morgan fingerprint density at radius 2 is 1.83 bits per heavy atom. The molecule has 5 heteroatoms. The molecule has 3 aromatic rings. The molecule has 5 nitrogen and oxygen atoms in total. The van der Waals surface area contributed by atoms with Crippen LogP contribution in [0.3, 0.4) is 0 Å². The van der Waals surface area contributed by atoms with E-state index in [0.717, 1.165) is 46.4 Å². The molecule has 2 aromatic carbocycles. The first-order valence-electron chi connectivity index (χ1n) is 10.8. The van der Waals surface area contributed by atoms with Gasteiger partial charge in [0.05, 0.1) is 17.9 Å². The lowest BCUT2D eigenvalue weighted by atomic mass is 9.97. The third kappa shape index (κ3) is 3.72. The van der Waals surface area contributed by atoms with Crippen LogP contribution in [0.2, 0.25) is 0 Å². The second-order valence-electron chi connectivity index (χ2n) is 8.43. The minimum atomic E-state index is 0.0766. The van der Waals surface area contributed by atoms with Crippen molar-refractivity contribution in [1.29, 1.82) is 0 Å². The number of rotatable bonds is 5. The summed E-state index contributed by atoms with van der Waals surface area (Å²) in [6.45, 7) is 1.24. The summed E-state index contributed by atoms with van der Waals surface area (Å²) in [6.07, 6.45) is 10.0. The molecule has 1 aliphatic heterocycles. The number of aryl methyl sites for hydroxylation is 1. The zero-order chi connectivity index (χ0) is 20.5. The lowest BCUT2D eigenvalue weighted by Crippen LogP contribution is -2.24. The summed E-state index contributed by atoms with van der Waals surface area (Å²) in [5, 5.41) is 4.23. The average Bonchev–Trinajstić information content (AvgIpc) is 3.33. The van der Waals surface area contributed by atoms with E-state index in [1.54, 1.807) is 4.68 Å². The first kappa shape index (κ1) is 18.9. The van der Waals surface area contributed by atoms with E-state index in [1.807, 2.05) is 42.5 Å². The topological polar surface area (TPSA) is 47.4 Å². The summed E-state index contributed by atoms with van der Waals surface area (Å²) in [5.41, 5.74) is 5.18. The van der Waals surface area contributed by atoms with Gasteiger partial charge in [-0.25, -0.2) is 0 Å². The number of carbonyl (C=O) groups is 1. The molecule has 1 aromatic heterocycles. The van der Waals surface area contributed by atoms with E-state index in [0.29, 0.717) is 13.1 Å². The highest BCUT2D eigenvalue weighted by Crippen LogP contribution is 2.34. The summed E-state index contributed by atoms with van der Waals surface area (Å²) >= 11 is 0. The molecule has 1 saturated carbocycles. The van der Waals surface area contributed by atoms with Crippen LogP contribution in [0.15, 0.2) is 54.9 Å². The van der Waals surface area contributed by atoms with Crippen molar-refractivity contribution >= 4 is 5.91 Å². The molecule has 0 saturated heterocycles. The Kier molecular flexibility index (Phi) is 5.03. The number of hydrogen-bond donors (Lipinski definition) is 0. The van der Waals surface area contributed by atoms with E-state index in [2.05, 4.69) is 29.4 Å². The SMILES string of the molecule is Cn1cc(-c2ccc(CN3Cc4cccc(OC5CCCCC5)c4C3=O)cc2)cn1. The number of aromatic nitrogens is 2. The van der Waals surface area contributed by atoms with Crippen molar-refractivity contribution in [3.05, 3.63) is 71.5 Å². The van der Waals surface area contributed by atoms with E-state index >= 15 is 0 Å². The van der Waals surface area contributed by atoms with Gasteiger partial charge in [-0.2, -0.15) is 5.10 Å². The molecule has 2 heterocycles. The molecule has 0 N–H and O–H groups in total. The molecule has 154 valence electrons. The van der Waals surface area contributed by atoms with E-state index in [1.165, 1.54) is 19.3 Å². The average molecular weight is 402 g/mol. The van der Waals surface area contributed by atoms with Crippen LogP contribution in [0.25, 0.3) is 11.1 Å². The van der Waals surface area contributed by atoms with Crippen LogP contribution in [0, 0.1) is 0 Å². The second kappa shape index (κ2) is 7.98. The molecule has 30 heavy (non-hydrogen) atoms. The summed E-state index contributed by atoms with van der Waals surface area (Å²) in [5.74, 6) is 0.839. The van der Waals surface area contributed by atoms with Crippen molar-refractivity contribution in [1.82, 2.24) is 14.7 Å². The zero-order valence-corrected chi connectivity index (χ0v) is 17.4. The van der Waals surface area contributed by atoms with Crippen LogP contribution in [0.4, 0.5) is 0 Å². The first-order chi connectivity index (χ1) is 14.7. The minimum Gasteiger partial charge on any atom is -0.490 e. The molecule has 2 aliphatic rings. The van der Waals surface area contributed by atoms with Gasteiger partial charge in [0.25, 0.3) is 5.91 Å². The molecule has 0 unspecified atom stereocenters. The highest BCUT2D eigenvalue weighted by Gasteiger charge is 2.31. The molecule has 0 atom stereocenters. The van der Waals surface area contributed by atoms with E-state index in [9.17, 15) is 4.79 Å². The summed E-state index contributed by atoms with van der Waals surface area (Å²) in [4.78, 5) is 15.1. The van der Waals surface area contributed by atoms with Crippen LogP contribution >= 0.6 is 0 Å². The fourth-order valence-corrected chi connectivity index (χ4v) is 4.57. The van der Waals surface area contributed by atoms with Crippen LogP contribution in [-0.2, 0) is 20.1 Å². The summed E-state index contributed by atoms with van der Waals surface area (Å²) < 4.78 is 8.08. The van der Waals surface area contributed by atoms with Gasteiger partial charge in [0.2, 0.25) is 0 Å². The molecule has 0 spiro atoms. The monoisotopic (exact) mass is 401 g/mol. The molecule has 1 aliphatic carbocycles. The van der Waals surface area contributed by atoms with Gasteiger partial charge in [0.15, 0.2) is 0 Å². The Balaban J connectivity index is 1.30. The van der Waals surface area contributed by atoms with E-state index in [-0.39, 0.29) is 12.0 Å². The number of nitrogens with zero attached hydrogens (tertiary/aromatic N) is 3. The van der Waals surface area contributed by atoms with Crippen molar-refractivity contribution in [2.24, 2.45) is 7.05 Å². The normalized spacial score (nSPS) is 16.7. The fourth-order valence-electron chi connectivity index (χ4n) is 4.57. The molecule has 0 radical (unpaired) electrons. The first-order valence-corrected chi connectivity index (χ1v) is 10.8. The maximum absolute atomic E-state index is 13.2. The third-order valence-corrected chi connectivity index (χ3v) is 6.19. The summed E-state index contributed by atoms with van der Waals surface area (Å²) in [6, 6.07) is 14.4. The van der Waals surface area contributed by atoms with Gasteiger partial charge < -0.3 is 9.64 Å². The Morgan fingerprint density at radius 1 is 1.03 bits per heavy atom. The van der Waals surface area contributed by atoms with Crippen LogP contribution < -0.4 is 4.74 Å². The van der Waals surface area contributed by atoms with Gasteiger partial charge in [0, 0.05) is 31.9 Å². The number of hydrogen-bond acceptors (Lipinski definition) is 3. The Morgan fingerprint density at radius 3 is 2.57 bits per heavy atom. The smallest absolute Gasteiger partial charge is 0.258 e. The number of benzene rings is 2. The van der Waals surface area contributed by atoms with Gasteiger partial charge in [-0.3, -0.25) is 9.48 Å². The molecule has 5 rings (SSSR count). The zero-order valence-electron chi connectivity index (χ0n) is 17.4. The van der Waals surface area contributed by atoms with Crippen LogP contribution in [0.5, 0.6) is 5.75 Å². The number of carbonyl (C=O) groups excluding carboxylic acids is 1. The number of fused-ring (bicyclic) bond motifs is 1. The van der Waals surface area contributed by atoms with Crippen molar-refractivity contribution in [3.8, 4) is 16.9 Å². The van der Waals surface area contributed by atoms with Crippen molar-refractivity contribution < 1.29 is 9.53 Å². The lowest BCUT2D eigenvalue weighted by molar-refractivity contribution is 0.0759. The van der Waals surface area contributed by atoms with Crippen LogP contribution in [0.1, 0.15) is 53.6 Å². The Labute approximate surface area is 177 Å². The molecule has 1 amide bonds. The molecular weight excluding hydrogens is 374 g/mol. The standard InChI is InChI=1S/C25H27N3O2/c1-27-16-21(14-26-27)19-12-10-18(11-13-19)15-28-17-20-6-5-9-23(24(20)25(28)29)30-22-7-3-2-4-8-22/h5-6,9-14,16,22H,2-4,7-8,15,17H2,1H3. The van der Waals surface area contributed by atoms with Gasteiger partial charge >= 0.3 is 0 Å². The van der Waals surface area contributed by atoms with Crippen molar-refractivity contribution in [3.63, 3.8) is 0 Å². The predicted octanol–water partition coefficient (Wildman–Crippen LogP) is 4.95. The van der Waals surface area contributed by atoms with Crippen molar-refractivity contribution in [2.45, 2.75) is 51.3 Å². The van der Waals surface area contributed by atoms with Gasteiger partial charge in [0.1, 0.15) is 5.75 Å². The molecule has 1 fully saturated rings. The predicted molar refractivity (Wildman–Crippen MR) is 116 cm³/mol. The minimum absolute atomic E-state index is 0.0766. The van der Waals surface area contributed by atoms with Crippen molar-refractivity contribution in [2.75, 3.05) is 0 Å². The highest BCUT2D eigenvalue weighted by atomic mass is 16.5. The van der Waals surface area contributed by atoms with Gasteiger partial charge in [-0.1, -0.05) is 42.8 Å². The lowest BCUT2D eigenvalue weighted by Gasteiger charge is -2.24. The number of amides is 1. The second-order valence-corrected chi connectivity index (χ2v) is 8.43. The van der Waals surface area contributed by atoms with E-state index < -0.39 is 0 Å². The largest absolute Gasteiger partial charge is 0.490 e. The quantitative estimate of drug-likeness (QED) is 0.607. The Bertz CT molecular complexity index is 1050. The van der Waals surface area contributed by atoms with Crippen LogP contribution in [-0.4, -0.2) is 26.7 Å².